The van der Waals surface area contributed by atoms with E-state index < -0.39 is 0 Å². The third-order valence-electron chi connectivity index (χ3n) is 3.47. The molecule has 2 atom stereocenters. The van der Waals surface area contributed by atoms with Gasteiger partial charge >= 0.3 is 5.97 Å². The lowest BCUT2D eigenvalue weighted by atomic mass is 9.90. The van der Waals surface area contributed by atoms with Gasteiger partial charge in [-0.05, 0) is 37.1 Å². The molecule has 3 nitrogen and oxygen atoms in total. The van der Waals surface area contributed by atoms with Crippen LogP contribution in [0.1, 0.15) is 53.4 Å². The van der Waals surface area contributed by atoms with Gasteiger partial charge in [-0.3, -0.25) is 4.79 Å². The molecule has 0 aliphatic carbocycles. The fraction of sp³-hybridized carbons (Fsp3) is 0.929. The summed E-state index contributed by atoms with van der Waals surface area (Å²) in [4.78, 5) is 11.9. The number of nitrogens with one attached hydrogen (secondary N) is 1. The van der Waals surface area contributed by atoms with Crippen molar-refractivity contribution in [1.82, 2.24) is 5.32 Å². The summed E-state index contributed by atoms with van der Waals surface area (Å²) in [5.74, 6) is 0.615. The number of esters is 1. The first-order valence-corrected chi connectivity index (χ1v) is 6.82. The van der Waals surface area contributed by atoms with E-state index >= 15 is 0 Å². The number of carbonyl (C=O) groups excluding carboxylic acids is 1. The minimum absolute atomic E-state index is 0.0626. The second-order valence-electron chi connectivity index (χ2n) is 6.28. The molecule has 0 amide bonds. The zero-order valence-corrected chi connectivity index (χ0v) is 11.7. The third-order valence-corrected chi connectivity index (χ3v) is 3.47. The summed E-state index contributed by atoms with van der Waals surface area (Å²) >= 11 is 0. The van der Waals surface area contributed by atoms with Crippen LogP contribution in [0.15, 0.2) is 0 Å². The Morgan fingerprint density at radius 3 is 2.71 bits per heavy atom. The quantitative estimate of drug-likeness (QED) is 0.769. The molecule has 1 aliphatic rings. The maximum Gasteiger partial charge on any atom is 0.323 e. The van der Waals surface area contributed by atoms with E-state index in [2.05, 4.69) is 33.0 Å². The monoisotopic (exact) mass is 241 g/mol. The van der Waals surface area contributed by atoms with Crippen molar-refractivity contribution in [2.45, 2.75) is 59.4 Å². The Bertz CT molecular complexity index is 245. The largest absolute Gasteiger partial charge is 0.465 e. The number of ether oxygens (including phenoxy) is 1. The molecule has 3 heteroatoms. The Morgan fingerprint density at radius 1 is 1.41 bits per heavy atom. The topological polar surface area (TPSA) is 38.3 Å². The average molecular weight is 241 g/mol. The van der Waals surface area contributed by atoms with E-state index in [0.29, 0.717) is 12.5 Å². The van der Waals surface area contributed by atoms with Crippen molar-refractivity contribution in [3.8, 4) is 0 Å². The number of carbonyl (C=O) groups is 1. The van der Waals surface area contributed by atoms with Crippen molar-refractivity contribution in [3.05, 3.63) is 0 Å². The number of rotatable bonds is 4. The van der Waals surface area contributed by atoms with Gasteiger partial charge in [0.25, 0.3) is 0 Å². The van der Waals surface area contributed by atoms with Gasteiger partial charge in [0.15, 0.2) is 0 Å². The van der Waals surface area contributed by atoms with Crippen LogP contribution in [0.2, 0.25) is 0 Å². The van der Waals surface area contributed by atoms with Gasteiger partial charge in [-0.25, -0.2) is 0 Å². The van der Waals surface area contributed by atoms with Gasteiger partial charge < -0.3 is 10.1 Å². The van der Waals surface area contributed by atoms with E-state index in [1.54, 1.807) is 0 Å². The van der Waals surface area contributed by atoms with Crippen LogP contribution in [0.4, 0.5) is 0 Å². The molecular weight excluding hydrogens is 214 g/mol. The standard InChI is InChI=1S/C14H27NO2/c1-5-11-6-8-15-12(10-11)13(16)17-9-7-14(2,3)4/h11-12,15H,5-10H2,1-4H3. The van der Waals surface area contributed by atoms with Crippen molar-refractivity contribution in [1.29, 1.82) is 0 Å². The highest BCUT2D eigenvalue weighted by molar-refractivity contribution is 5.75. The third kappa shape index (κ3) is 5.53. The number of hydrogen-bond acceptors (Lipinski definition) is 3. The molecule has 0 bridgehead atoms. The Morgan fingerprint density at radius 2 is 2.12 bits per heavy atom. The van der Waals surface area contributed by atoms with E-state index in [4.69, 9.17) is 4.74 Å². The summed E-state index contributed by atoms with van der Waals surface area (Å²) < 4.78 is 5.35. The SMILES string of the molecule is CCC1CCNC(C(=O)OCCC(C)(C)C)C1. The molecule has 0 aromatic heterocycles. The minimum atomic E-state index is -0.0753. The van der Waals surface area contributed by atoms with Crippen LogP contribution in [0, 0.1) is 11.3 Å². The summed E-state index contributed by atoms with van der Waals surface area (Å²) in [5.41, 5.74) is 0.228. The molecule has 1 fully saturated rings. The first-order valence-electron chi connectivity index (χ1n) is 6.82. The molecule has 1 aliphatic heterocycles. The smallest absolute Gasteiger partial charge is 0.323 e. The summed E-state index contributed by atoms with van der Waals surface area (Å²) in [5, 5.41) is 3.26. The zero-order chi connectivity index (χ0) is 12.9. The van der Waals surface area contributed by atoms with E-state index in [1.807, 2.05) is 0 Å². The fourth-order valence-electron chi connectivity index (χ4n) is 2.10. The highest BCUT2D eigenvalue weighted by atomic mass is 16.5. The molecule has 2 unspecified atom stereocenters. The molecular formula is C14H27NO2. The minimum Gasteiger partial charge on any atom is -0.465 e. The van der Waals surface area contributed by atoms with Crippen LogP contribution in [-0.4, -0.2) is 25.2 Å². The fourth-order valence-corrected chi connectivity index (χ4v) is 2.10. The predicted molar refractivity (Wildman–Crippen MR) is 69.8 cm³/mol. The summed E-state index contributed by atoms with van der Waals surface area (Å²) in [6.45, 7) is 10.2. The second kappa shape index (κ2) is 6.39. The Hall–Kier alpha value is -0.570. The normalized spacial score (nSPS) is 25.6. The Kier molecular flexibility index (Phi) is 5.44. The highest BCUT2D eigenvalue weighted by Gasteiger charge is 2.27. The van der Waals surface area contributed by atoms with Crippen LogP contribution < -0.4 is 5.32 Å². The van der Waals surface area contributed by atoms with Crippen molar-refractivity contribution in [2.75, 3.05) is 13.2 Å². The van der Waals surface area contributed by atoms with Crippen molar-refractivity contribution in [2.24, 2.45) is 11.3 Å². The maximum atomic E-state index is 11.9. The van der Waals surface area contributed by atoms with Crippen LogP contribution in [0.3, 0.4) is 0 Å². The second-order valence-corrected chi connectivity index (χ2v) is 6.28. The zero-order valence-electron chi connectivity index (χ0n) is 11.7. The Balaban J connectivity index is 2.27. The molecule has 1 rings (SSSR count). The molecule has 100 valence electrons. The maximum absolute atomic E-state index is 11.9. The van der Waals surface area contributed by atoms with Crippen LogP contribution in [-0.2, 0) is 9.53 Å². The van der Waals surface area contributed by atoms with Gasteiger partial charge in [0.2, 0.25) is 0 Å². The molecule has 0 aromatic rings. The van der Waals surface area contributed by atoms with Gasteiger partial charge in [0.05, 0.1) is 6.61 Å². The van der Waals surface area contributed by atoms with E-state index in [-0.39, 0.29) is 17.4 Å². The van der Waals surface area contributed by atoms with Crippen LogP contribution in [0.5, 0.6) is 0 Å². The van der Waals surface area contributed by atoms with E-state index in [1.165, 1.54) is 6.42 Å². The summed E-state index contributed by atoms with van der Waals surface area (Å²) in [6.07, 6.45) is 4.20. The molecule has 0 saturated carbocycles. The van der Waals surface area contributed by atoms with Gasteiger partial charge in [0, 0.05) is 0 Å². The average Bonchev–Trinajstić information content (AvgIpc) is 2.27. The lowest BCUT2D eigenvalue weighted by molar-refractivity contribution is -0.147. The van der Waals surface area contributed by atoms with Gasteiger partial charge in [-0.1, -0.05) is 34.1 Å². The van der Waals surface area contributed by atoms with Gasteiger partial charge in [-0.2, -0.15) is 0 Å². The summed E-state index contributed by atoms with van der Waals surface area (Å²) in [7, 11) is 0. The number of hydrogen-bond donors (Lipinski definition) is 1. The van der Waals surface area contributed by atoms with Crippen molar-refractivity contribution >= 4 is 5.97 Å². The summed E-state index contributed by atoms with van der Waals surface area (Å²) in [6, 6.07) is -0.0753. The van der Waals surface area contributed by atoms with Crippen molar-refractivity contribution < 1.29 is 9.53 Å². The molecule has 1 N–H and O–H groups in total. The lowest BCUT2D eigenvalue weighted by Gasteiger charge is -2.28. The lowest BCUT2D eigenvalue weighted by Crippen LogP contribution is -2.44. The molecule has 1 heterocycles. The van der Waals surface area contributed by atoms with Crippen molar-refractivity contribution in [3.63, 3.8) is 0 Å². The predicted octanol–water partition coefficient (Wildman–Crippen LogP) is 2.74. The van der Waals surface area contributed by atoms with Crippen LogP contribution >= 0.6 is 0 Å². The first kappa shape index (κ1) is 14.5. The first-order chi connectivity index (χ1) is 7.92. The van der Waals surface area contributed by atoms with Gasteiger partial charge in [0.1, 0.15) is 6.04 Å². The van der Waals surface area contributed by atoms with E-state index in [9.17, 15) is 4.79 Å². The van der Waals surface area contributed by atoms with E-state index in [0.717, 1.165) is 25.8 Å². The van der Waals surface area contributed by atoms with Gasteiger partial charge in [-0.15, -0.1) is 0 Å². The molecule has 0 radical (unpaired) electrons. The highest BCUT2D eigenvalue weighted by Crippen LogP contribution is 2.21. The molecule has 1 saturated heterocycles. The molecule has 0 aromatic carbocycles. The number of piperidine rings is 1. The Labute approximate surface area is 105 Å². The molecule has 17 heavy (non-hydrogen) atoms. The van der Waals surface area contributed by atoms with Crippen LogP contribution in [0.25, 0.3) is 0 Å². The molecule has 0 spiro atoms.